The van der Waals surface area contributed by atoms with Crippen molar-refractivity contribution in [2.75, 3.05) is 6.61 Å². The van der Waals surface area contributed by atoms with Gasteiger partial charge in [-0.15, -0.1) is 0 Å². The average molecular weight is 264 g/mol. The highest BCUT2D eigenvalue weighted by molar-refractivity contribution is 5.24. The summed E-state index contributed by atoms with van der Waals surface area (Å²) in [5.74, 6) is 0.657. The maximum atomic E-state index is 10.1. The van der Waals surface area contributed by atoms with Crippen molar-refractivity contribution in [2.45, 2.75) is 59.2 Å². The zero-order valence-electron chi connectivity index (χ0n) is 12.9. The first-order valence-corrected chi connectivity index (χ1v) is 7.25. The Labute approximate surface area is 117 Å². The summed E-state index contributed by atoms with van der Waals surface area (Å²) in [6, 6.07) is 8.21. The van der Waals surface area contributed by atoms with Gasteiger partial charge in [-0.1, -0.05) is 45.0 Å². The van der Waals surface area contributed by atoms with E-state index in [0.29, 0.717) is 12.5 Å². The molecule has 0 spiro atoms. The van der Waals surface area contributed by atoms with Crippen LogP contribution in [-0.2, 0) is 11.2 Å². The van der Waals surface area contributed by atoms with Crippen molar-refractivity contribution in [3.05, 3.63) is 35.4 Å². The molecule has 1 aromatic rings. The molecule has 0 bridgehead atoms. The van der Waals surface area contributed by atoms with E-state index in [1.165, 1.54) is 5.56 Å². The average Bonchev–Trinajstić information content (AvgIpc) is 2.36. The third kappa shape index (κ3) is 5.75. The minimum absolute atomic E-state index is 0.168. The van der Waals surface area contributed by atoms with Crippen molar-refractivity contribution in [1.82, 2.24) is 0 Å². The summed E-state index contributed by atoms with van der Waals surface area (Å²) in [4.78, 5) is 0. The minimum atomic E-state index is -0.543. The largest absolute Gasteiger partial charge is 0.386 e. The van der Waals surface area contributed by atoms with Crippen LogP contribution in [0.2, 0.25) is 0 Å². The quantitative estimate of drug-likeness (QED) is 0.802. The smallest absolute Gasteiger partial charge is 0.102 e. The number of aliphatic hydroxyl groups is 1. The molecule has 0 amide bonds. The molecule has 0 saturated heterocycles. The van der Waals surface area contributed by atoms with Crippen molar-refractivity contribution in [1.29, 1.82) is 0 Å². The van der Waals surface area contributed by atoms with E-state index in [2.05, 4.69) is 32.9 Å². The Morgan fingerprint density at radius 1 is 1.16 bits per heavy atom. The Balaban J connectivity index is 2.55. The lowest BCUT2D eigenvalue weighted by molar-refractivity contribution is -0.0618. The first-order chi connectivity index (χ1) is 8.84. The fourth-order valence-corrected chi connectivity index (χ4v) is 1.85. The Hall–Kier alpha value is -0.860. The van der Waals surface area contributed by atoms with Crippen LogP contribution in [0.15, 0.2) is 24.3 Å². The van der Waals surface area contributed by atoms with Crippen molar-refractivity contribution >= 4 is 0 Å². The van der Waals surface area contributed by atoms with Crippen molar-refractivity contribution < 1.29 is 9.84 Å². The van der Waals surface area contributed by atoms with Crippen LogP contribution in [0.25, 0.3) is 0 Å². The van der Waals surface area contributed by atoms with Crippen LogP contribution in [0, 0.1) is 5.92 Å². The maximum absolute atomic E-state index is 10.1. The predicted octanol–water partition coefficient (Wildman–Crippen LogP) is 4.12. The van der Waals surface area contributed by atoms with Gasteiger partial charge in [0.05, 0.1) is 12.2 Å². The van der Waals surface area contributed by atoms with Gasteiger partial charge in [0, 0.05) is 0 Å². The van der Waals surface area contributed by atoms with Crippen LogP contribution < -0.4 is 0 Å². The van der Waals surface area contributed by atoms with Crippen molar-refractivity contribution in [3.63, 3.8) is 0 Å². The fourth-order valence-electron chi connectivity index (χ4n) is 1.85. The molecule has 108 valence electrons. The molecule has 0 saturated carbocycles. The highest BCUT2D eigenvalue weighted by atomic mass is 16.5. The molecule has 1 N–H and O–H groups in total. The molecule has 0 fully saturated rings. The molecule has 0 aliphatic rings. The standard InChI is InChI=1S/C17H28O2/c1-6-17(4,5)19-12-16(18)15-9-7-14(8-10-15)11-13(2)3/h7-10,13,16,18H,6,11-12H2,1-5H3. The van der Waals surface area contributed by atoms with Gasteiger partial charge in [-0.3, -0.25) is 0 Å². The van der Waals surface area contributed by atoms with E-state index >= 15 is 0 Å². The second kappa shape index (κ2) is 7.06. The summed E-state index contributed by atoms with van der Waals surface area (Å²) in [5, 5.41) is 10.1. The summed E-state index contributed by atoms with van der Waals surface area (Å²) in [7, 11) is 0. The molecule has 1 atom stereocenters. The predicted molar refractivity (Wildman–Crippen MR) is 80.3 cm³/mol. The number of benzene rings is 1. The molecule has 1 rings (SSSR count). The Bertz CT molecular complexity index is 365. The molecular weight excluding hydrogens is 236 g/mol. The Morgan fingerprint density at radius 2 is 1.74 bits per heavy atom. The minimum Gasteiger partial charge on any atom is -0.386 e. The van der Waals surface area contributed by atoms with Crippen LogP contribution in [0.1, 0.15) is 58.3 Å². The first kappa shape index (κ1) is 16.2. The molecule has 0 aliphatic carbocycles. The van der Waals surface area contributed by atoms with Gasteiger partial charge < -0.3 is 9.84 Å². The molecule has 19 heavy (non-hydrogen) atoms. The van der Waals surface area contributed by atoms with E-state index in [1.54, 1.807) is 0 Å². The highest BCUT2D eigenvalue weighted by Gasteiger charge is 2.18. The second-order valence-electron chi connectivity index (χ2n) is 6.28. The zero-order chi connectivity index (χ0) is 14.5. The highest BCUT2D eigenvalue weighted by Crippen LogP contribution is 2.20. The number of rotatable bonds is 7. The van der Waals surface area contributed by atoms with E-state index in [-0.39, 0.29) is 5.60 Å². The van der Waals surface area contributed by atoms with Gasteiger partial charge in [-0.05, 0) is 43.7 Å². The lowest BCUT2D eigenvalue weighted by atomic mass is 10.0. The number of hydrogen-bond acceptors (Lipinski definition) is 2. The molecule has 0 radical (unpaired) electrons. The van der Waals surface area contributed by atoms with E-state index in [1.807, 2.05) is 26.0 Å². The molecule has 1 aromatic carbocycles. The molecule has 0 aliphatic heterocycles. The lowest BCUT2D eigenvalue weighted by Gasteiger charge is -2.25. The van der Waals surface area contributed by atoms with Gasteiger partial charge in [0.2, 0.25) is 0 Å². The fraction of sp³-hybridized carbons (Fsp3) is 0.647. The molecule has 1 unspecified atom stereocenters. The van der Waals surface area contributed by atoms with E-state index in [4.69, 9.17) is 4.74 Å². The lowest BCUT2D eigenvalue weighted by Crippen LogP contribution is -2.25. The molecule has 2 heteroatoms. The van der Waals surface area contributed by atoms with Gasteiger partial charge in [0.1, 0.15) is 6.10 Å². The van der Waals surface area contributed by atoms with Crippen molar-refractivity contribution in [2.24, 2.45) is 5.92 Å². The van der Waals surface area contributed by atoms with Crippen molar-refractivity contribution in [3.8, 4) is 0 Å². The van der Waals surface area contributed by atoms with Gasteiger partial charge in [-0.2, -0.15) is 0 Å². The third-order valence-electron chi connectivity index (χ3n) is 3.49. The molecule has 2 nitrogen and oxygen atoms in total. The molecule has 0 heterocycles. The van der Waals surface area contributed by atoms with E-state index in [0.717, 1.165) is 18.4 Å². The summed E-state index contributed by atoms with van der Waals surface area (Å²) in [6.45, 7) is 11.0. The van der Waals surface area contributed by atoms with Gasteiger partial charge in [0.15, 0.2) is 0 Å². The Morgan fingerprint density at radius 3 is 2.21 bits per heavy atom. The summed E-state index contributed by atoms with van der Waals surface area (Å²) >= 11 is 0. The first-order valence-electron chi connectivity index (χ1n) is 7.25. The second-order valence-corrected chi connectivity index (χ2v) is 6.28. The van der Waals surface area contributed by atoms with Gasteiger partial charge >= 0.3 is 0 Å². The normalized spacial score (nSPS) is 13.8. The summed E-state index contributed by atoms with van der Waals surface area (Å²) < 4.78 is 5.74. The molecule has 0 aromatic heterocycles. The van der Waals surface area contributed by atoms with Crippen LogP contribution in [0.3, 0.4) is 0 Å². The zero-order valence-corrected chi connectivity index (χ0v) is 12.9. The van der Waals surface area contributed by atoms with Crippen LogP contribution >= 0.6 is 0 Å². The number of aliphatic hydroxyl groups excluding tert-OH is 1. The van der Waals surface area contributed by atoms with Crippen LogP contribution in [0.4, 0.5) is 0 Å². The summed E-state index contributed by atoms with van der Waals surface area (Å²) in [6.07, 6.45) is 1.47. The number of hydrogen-bond donors (Lipinski definition) is 1. The monoisotopic (exact) mass is 264 g/mol. The number of ether oxygens (including phenoxy) is 1. The van der Waals surface area contributed by atoms with E-state index < -0.39 is 6.10 Å². The topological polar surface area (TPSA) is 29.5 Å². The SMILES string of the molecule is CCC(C)(C)OCC(O)c1ccc(CC(C)C)cc1. The van der Waals surface area contributed by atoms with E-state index in [9.17, 15) is 5.11 Å². The summed E-state index contributed by atoms with van der Waals surface area (Å²) in [5.41, 5.74) is 2.08. The van der Waals surface area contributed by atoms with Crippen LogP contribution in [-0.4, -0.2) is 17.3 Å². The van der Waals surface area contributed by atoms with Gasteiger partial charge in [-0.25, -0.2) is 0 Å². The molecular formula is C17H28O2. The third-order valence-corrected chi connectivity index (χ3v) is 3.49. The Kier molecular flexibility index (Phi) is 6.02. The van der Waals surface area contributed by atoms with Crippen LogP contribution in [0.5, 0.6) is 0 Å². The van der Waals surface area contributed by atoms with Gasteiger partial charge in [0.25, 0.3) is 0 Å². The maximum Gasteiger partial charge on any atom is 0.102 e.